The summed E-state index contributed by atoms with van der Waals surface area (Å²) in [6.07, 6.45) is 0.898. The molecule has 0 bridgehead atoms. The van der Waals surface area contributed by atoms with Gasteiger partial charge in [0.05, 0.1) is 24.3 Å². The van der Waals surface area contributed by atoms with Crippen molar-refractivity contribution < 1.29 is 14.3 Å². The van der Waals surface area contributed by atoms with Gasteiger partial charge in [-0.25, -0.2) is 0 Å². The van der Waals surface area contributed by atoms with E-state index in [1.807, 2.05) is 12.1 Å². The molecule has 24 heavy (non-hydrogen) atoms. The van der Waals surface area contributed by atoms with Crippen LogP contribution in [0, 0.1) is 0 Å². The number of carbonyl (C=O) groups is 1. The van der Waals surface area contributed by atoms with Crippen molar-refractivity contribution in [2.45, 2.75) is 13.0 Å². The van der Waals surface area contributed by atoms with Gasteiger partial charge in [-0.3, -0.25) is 4.79 Å². The van der Waals surface area contributed by atoms with E-state index in [2.05, 4.69) is 32.6 Å². The predicted octanol–water partition coefficient (Wildman–Crippen LogP) is 3.36. The molecule has 0 fully saturated rings. The number of ether oxygens (including phenoxy) is 2. The summed E-state index contributed by atoms with van der Waals surface area (Å²) in [5.41, 5.74) is 3.72. The van der Waals surface area contributed by atoms with Gasteiger partial charge < -0.3 is 20.1 Å². The third-order valence-electron chi connectivity index (χ3n) is 4.11. The van der Waals surface area contributed by atoms with Gasteiger partial charge in [0.2, 0.25) is 0 Å². The second-order valence-corrected chi connectivity index (χ2v) is 6.37. The van der Waals surface area contributed by atoms with Gasteiger partial charge >= 0.3 is 0 Å². The lowest BCUT2D eigenvalue weighted by atomic mass is 9.99. The highest BCUT2D eigenvalue weighted by Crippen LogP contribution is 2.33. The number of carbonyl (C=O) groups excluding carboxylic acids is 1. The molecule has 0 atom stereocenters. The van der Waals surface area contributed by atoms with Crippen LogP contribution in [0.4, 0.5) is 5.69 Å². The molecule has 0 saturated heterocycles. The number of amides is 1. The molecule has 1 amide bonds. The van der Waals surface area contributed by atoms with Crippen molar-refractivity contribution in [1.82, 2.24) is 5.32 Å². The lowest BCUT2D eigenvalue weighted by Gasteiger charge is -2.21. The van der Waals surface area contributed by atoms with E-state index in [1.54, 1.807) is 19.2 Å². The van der Waals surface area contributed by atoms with Crippen LogP contribution in [0.25, 0.3) is 0 Å². The van der Waals surface area contributed by atoms with Gasteiger partial charge in [0, 0.05) is 18.3 Å². The van der Waals surface area contributed by atoms with Crippen LogP contribution in [0.3, 0.4) is 0 Å². The first-order valence-corrected chi connectivity index (χ1v) is 8.47. The fourth-order valence-corrected chi connectivity index (χ4v) is 3.38. The Labute approximate surface area is 149 Å². The summed E-state index contributed by atoms with van der Waals surface area (Å²) in [5.74, 6) is 0.882. The third-order valence-corrected chi connectivity index (χ3v) is 4.73. The van der Waals surface area contributed by atoms with E-state index >= 15 is 0 Å². The Kier molecular flexibility index (Phi) is 5.06. The maximum absolute atomic E-state index is 12.8. The van der Waals surface area contributed by atoms with E-state index in [9.17, 15) is 4.79 Å². The topological polar surface area (TPSA) is 59.6 Å². The summed E-state index contributed by atoms with van der Waals surface area (Å²) in [4.78, 5) is 12.8. The normalized spacial score (nSPS) is 13.1. The molecule has 0 unspecified atom stereocenters. The summed E-state index contributed by atoms with van der Waals surface area (Å²) in [6, 6.07) is 9.39. The molecule has 1 heterocycles. The van der Waals surface area contributed by atoms with Crippen LogP contribution >= 0.6 is 15.9 Å². The summed E-state index contributed by atoms with van der Waals surface area (Å²) in [7, 11) is 3.11. The largest absolute Gasteiger partial charge is 0.496 e. The van der Waals surface area contributed by atoms with Crippen LogP contribution in [0.5, 0.6) is 11.5 Å². The molecular weight excluding hydrogens is 372 g/mol. The number of hydrogen-bond donors (Lipinski definition) is 2. The molecule has 1 aliphatic heterocycles. The van der Waals surface area contributed by atoms with Crippen molar-refractivity contribution in [1.29, 1.82) is 0 Å². The Hall–Kier alpha value is -2.05. The molecule has 3 rings (SSSR count). The van der Waals surface area contributed by atoms with Crippen molar-refractivity contribution >= 4 is 27.5 Å². The molecule has 5 nitrogen and oxygen atoms in total. The Morgan fingerprint density at radius 1 is 1.21 bits per heavy atom. The SMILES string of the molecule is COc1cc(OC)c(C(=O)Nc2cccc3c2CCNC3)cc1Br. The molecule has 2 N–H and O–H groups in total. The van der Waals surface area contributed by atoms with Crippen molar-refractivity contribution in [2.75, 3.05) is 26.1 Å². The first-order chi connectivity index (χ1) is 11.6. The van der Waals surface area contributed by atoms with Gasteiger partial charge in [0.15, 0.2) is 0 Å². The number of benzene rings is 2. The van der Waals surface area contributed by atoms with E-state index in [1.165, 1.54) is 18.2 Å². The van der Waals surface area contributed by atoms with Crippen LogP contribution in [0.2, 0.25) is 0 Å². The van der Waals surface area contributed by atoms with Gasteiger partial charge in [0.25, 0.3) is 5.91 Å². The lowest BCUT2D eigenvalue weighted by molar-refractivity contribution is 0.102. The Balaban J connectivity index is 1.92. The number of nitrogens with one attached hydrogen (secondary N) is 2. The highest BCUT2D eigenvalue weighted by molar-refractivity contribution is 9.10. The second kappa shape index (κ2) is 7.23. The van der Waals surface area contributed by atoms with Crippen molar-refractivity contribution in [3.05, 3.63) is 51.5 Å². The summed E-state index contributed by atoms with van der Waals surface area (Å²) in [6.45, 7) is 1.74. The van der Waals surface area contributed by atoms with Crippen molar-refractivity contribution in [2.24, 2.45) is 0 Å². The fraction of sp³-hybridized carbons (Fsp3) is 0.278. The predicted molar refractivity (Wildman–Crippen MR) is 97.1 cm³/mol. The number of fused-ring (bicyclic) bond motifs is 1. The minimum Gasteiger partial charge on any atom is -0.496 e. The number of halogens is 1. The van der Waals surface area contributed by atoms with E-state index < -0.39 is 0 Å². The average Bonchev–Trinajstić information content (AvgIpc) is 2.61. The Morgan fingerprint density at radius 2 is 2.00 bits per heavy atom. The maximum Gasteiger partial charge on any atom is 0.259 e. The first-order valence-electron chi connectivity index (χ1n) is 7.68. The van der Waals surface area contributed by atoms with Crippen molar-refractivity contribution in [3.63, 3.8) is 0 Å². The zero-order valence-corrected chi connectivity index (χ0v) is 15.2. The molecule has 0 aliphatic carbocycles. The van der Waals surface area contributed by atoms with E-state index in [-0.39, 0.29) is 5.91 Å². The summed E-state index contributed by atoms with van der Waals surface area (Å²) >= 11 is 3.42. The molecule has 0 aromatic heterocycles. The van der Waals surface area contributed by atoms with Gasteiger partial charge in [-0.15, -0.1) is 0 Å². The van der Waals surface area contributed by atoms with Gasteiger partial charge in [-0.2, -0.15) is 0 Å². The monoisotopic (exact) mass is 390 g/mol. The average molecular weight is 391 g/mol. The van der Waals surface area contributed by atoms with Crippen LogP contribution in [-0.4, -0.2) is 26.7 Å². The van der Waals surface area contributed by atoms with Gasteiger partial charge in [-0.05, 0) is 52.2 Å². The highest BCUT2D eigenvalue weighted by atomic mass is 79.9. The second-order valence-electron chi connectivity index (χ2n) is 5.51. The van der Waals surface area contributed by atoms with E-state index in [0.717, 1.165) is 25.2 Å². The highest BCUT2D eigenvalue weighted by Gasteiger charge is 2.19. The van der Waals surface area contributed by atoms with Crippen LogP contribution in [0.15, 0.2) is 34.8 Å². The number of rotatable bonds is 4. The molecule has 2 aromatic carbocycles. The zero-order valence-electron chi connectivity index (χ0n) is 13.6. The lowest BCUT2D eigenvalue weighted by Crippen LogP contribution is -2.25. The summed E-state index contributed by atoms with van der Waals surface area (Å²) < 4.78 is 11.3. The molecule has 0 saturated carbocycles. The van der Waals surface area contributed by atoms with Gasteiger partial charge in [-0.1, -0.05) is 12.1 Å². The standard InChI is InChI=1S/C18H19BrN2O3/c1-23-16-9-17(24-2)14(19)8-13(16)18(22)21-15-5-3-4-11-10-20-7-6-12(11)15/h3-5,8-9,20H,6-7,10H2,1-2H3,(H,21,22). The van der Waals surface area contributed by atoms with Crippen LogP contribution in [0.1, 0.15) is 21.5 Å². The number of hydrogen-bond acceptors (Lipinski definition) is 4. The van der Waals surface area contributed by atoms with Crippen LogP contribution < -0.4 is 20.1 Å². The van der Waals surface area contributed by atoms with Crippen LogP contribution in [-0.2, 0) is 13.0 Å². The molecule has 0 spiro atoms. The Morgan fingerprint density at radius 3 is 2.75 bits per heavy atom. The minimum atomic E-state index is -0.206. The molecular formula is C18H19BrN2O3. The van der Waals surface area contributed by atoms with E-state index in [4.69, 9.17) is 9.47 Å². The molecule has 6 heteroatoms. The fourth-order valence-electron chi connectivity index (χ4n) is 2.88. The van der Waals surface area contributed by atoms with E-state index in [0.29, 0.717) is 21.5 Å². The van der Waals surface area contributed by atoms with Gasteiger partial charge in [0.1, 0.15) is 11.5 Å². The summed E-state index contributed by atoms with van der Waals surface area (Å²) in [5, 5.41) is 6.36. The van der Waals surface area contributed by atoms with Crippen molar-refractivity contribution in [3.8, 4) is 11.5 Å². The quantitative estimate of drug-likeness (QED) is 0.839. The smallest absolute Gasteiger partial charge is 0.259 e. The zero-order chi connectivity index (χ0) is 17.1. The first kappa shape index (κ1) is 16.8. The molecule has 126 valence electrons. The molecule has 0 radical (unpaired) electrons. The third kappa shape index (κ3) is 3.25. The molecule has 2 aromatic rings. The number of anilines is 1. The Bertz CT molecular complexity index is 777. The minimum absolute atomic E-state index is 0.206. The maximum atomic E-state index is 12.8. The number of methoxy groups -OCH3 is 2. The molecule has 1 aliphatic rings.